The molecule has 4 nitrogen and oxygen atoms in total. The highest BCUT2D eigenvalue weighted by Gasteiger charge is 2.42. The van der Waals surface area contributed by atoms with Crippen LogP contribution in [-0.4, -0.2) is 28.6 Å². The summed E-state index contributed by atoms with van der Waals surface area (Å²) < 4.78 is 0. The van der Waals surface area contributed by atoms with E-state index in [0.29, 0.717) is 12.8 Å². The van der Waals surface area contributed by atoms with Crippen molar-refractivity contribution in [3.05, 3.63) is 51.3 Å². The van der Waals surface area contributed by atoms with Gasteiger partial charge in [0, 0.05) is 48.3 Å². The van der Waals surface area contributed by atoms with E-state index in [-0.39, 0.29) is 28.3 Å². The summed E-state index contributed by atoms with van der Waals surface area (Å²) in [5.41, 5.74) is 4.37. The molecule has 5 heteroatoms. The van der Waals surface area contributed by atoms with Gasteiger partial charge in [-0.25, -0.2) is 0 Å². The highest BCUT2D eigenvalue weighted by Crippen LogP contribution is 2.49. The van der Waals surface area contributed by atoms with Crippen molar-refractivity contribution in [2.75, 3.05) is 7.05 Å². The molecule has 1 N–H and O–H groups in total. The summed E-state index contributed by atoms with van der Waals surface area (Å²) in [7, 11) is 1.97. The lowest BCUT2D eigenvalue weighted by Crippen LogP contribution is -2.37. The molecule has 0 bridgehead atoms. The molecule has 0 saturated carbocycles. The second kappa shape index (κ2) is 6.03. The van der Waals surface area contributed by atoms with Crippen molar-refractivity contribution >= 4 is 23.2 Å². The monoisotopic (exact) mass is 357 g/mol. The third kappa shape index (κ3) is 2.51. The second-order valence-corrected chi connectivity index (χ2v) is 7.38. The third-order valence-corrected chi connectivity index (χ3v) is 5.85. The zero-order valence-corrected chi connectivity index (χ0v) is 14.9. The summed E-state index contributed by atoms with van der Waals surface area (Å²) in [5, 5.41) is 10.00. The quantitative estimate of drug-likeness (QED) is 0.822. The summed E-state index contributed by atoms with van der Waals surface area (Å²) >= 11 is 6.12. The molecule has 0 radical (unpaired) electrons. The van der Waals surface area contributed by atoms with Gasteiger partial charge in [-0.15, -0.1) is 0 Å². The van der Waals surface area contributed by atoms with E-state index in [9.17, 15) is 14.7 Å². The Morgan fingerprint density at radius 2 is 1.56 bits per heavy atom. The Bertz CT molecular complexity index is 808. The summed E-state index contributed by atoms with van der Waals surface area (Å²) in [6, 6.07) is 5.00. The Morgan fingerprint density at radius 1 is 1.00 bits per heavy atom. The molecule has 0 spiro atoms. The lowest BCUT2D eigenvalue weighted by Gasteiger charge is -2.42. The Hall–Kier alpha value is -2.07. The predicted molar refractivity (Wildman–Crippen MR) is 95.4 cm³/mol. The van der Waals surface area contributed by atoms with Gasteiger partial charge in [0.2, 0.25) is 0 Å². The number of benzene rings is 1. The molecule has 4 rings (SSSR count). The molecule has 1 aliphatic heterocycles. The van der Waals surface area contributed by atoms with E-state index in [4.69, 9.17) is 11.6 Å². The van der Waals surface area contributed by atoms with Crippen LogP contribution in [0.1, 0.15) is 50.0 Å². The minimum absolute atomic E-state index is 0.00620. The summed E-state index contributed by atoms with van der Waals surface area (Å²) in [5.74, 6) is -0.119. The lowest BCUT2D eigenvalue weighted by molar-refractivity contribution is -0.117. The minimum atomic E-state index is -0.361. The maximum absolute atomic E-state index is 12.8. The average molecular weight is 358 g/mol. The molecule has 1 aromatic carbocycles. The molecular weight excluding hydrogens is 338 g/mol. The van der Waals surface area contributed by atoms with E-state index in [1.165, 1.54) is 6.07 Å². The van der Waals surface area contributed by atoms with Crippen LogP contribution in [0.25, 0.3) is 0 Å². The molecule has 1 heterocycles. The van der Waals surface area contributed by atoms with Gasteiger partial charge in [-0.05, 0) is 43.4 Å². The predicted octanol–water partition coefficient (Wildman–Crippen LogP) is 4.09. The van der Waals surface area contributed by atoms with Crippen LogP contribution in [0, 0.1) is 0 Å². The zero-order chi connectivity index (χ0) is 17.7. The van der Waals surface area contributed by atoms with Gasteiger partial charge in [-0.2, -0.15) is 0 Å². The van der Waals surface area contributed by atoms with Crippen LogP contribution in [0.4, 0.5) is 0 Å². The number of phenolic OH excluding ortho intramolecular Hbond substituents is 1. The van der Waals surface area contributed by atoms with Gasteiger partial charge < -0.3 is 10.0 Å². The number of rotatable bonds is 1. The molecule has 0 saturated heterocycles. The number of allylic oxidation sites excluding steroid dienone is 4. The van der Waals surface area contributed by atoms with Crippen molar-refractivity contribution in [1.82, 2.24) is 4.90 Å². The summed E-state index contributed by atoms with van der Waals surface area (Å²) in [6.07, 6.45) is 4.44. The normalized spacial score (nSPS) is 21.6. The minimum Gasteiger partial charge on any atom is -0.506 e. The molecular formula is C20H20ClNO3. The molecule has 25 heavy (non-hydrogen) atoms. The molecule has 130 valence electrons. The van der Waals surface area contributed by atoms with E-state index in [1.807, 2.05) is 7.05 Å². The molecule has 2 aliphatic carbocycles. The average Bonchev–Trinajstić information content (AvgIpc) is 2.59. The molecule has 0 fully saturated rings. The van der Waals surface area contributed by atoms with Gasteiger partial charge in [0.25, 0.3) is 0 Å². The van der Waals surface area contributed by atoms with Crippen molar-refractivity contribution in [2.45, 2.75) is 44.4 Å². The number of Topliss-reactive ketones (excluding diaryl/α,β-unsaturated/α-hetero) is 2. The maximum Gasteiger partial charge on any atom is 0.161 e. The first-order chi connectivity index (χ1) is 12.0. The fourth-order valence-corrected chi connectivity index (χ4v) is 4.58. The number of nitrogens with zero attached hydrogens (tertiary/aromatic N) is 1. The van der Waals surface area contributed by atoms with Crippen LogP contribution in [-0.2, 0) is 9.59 Å². The van der Waals surface area contributed by atoms with E-state index in [0.717, 1.165) is 53.8 Å². The van der Waals surface area contributed by atoms with Gasteiger partial charge >= 0.3 is 0 Å². The first-order valence-corrected chi connectivity index (χ1v) is 9.11. The van der Waals surface area contributed by atoms with Crippen LogP contribution in [0.3, 0.4) is 0 Å². The van der Waals surface area contributed by atoms with Crippen molar-refractivity contribution in [3.8, 4) is 5.75 Å². The zero-order valence-electron chi connectivity index (χ0n) is 14.1. The molecule has 0 unspecified atom stereocenters. The number of hydrogen-bond donors (Lipinski definition) is 1. The first kappa shape index (κ1) is 16.4. The molecule has 0 aromatic heterocycles. The van der Waals surface area contributed by atoms with E-state index >= 15 is 0 Å². The van der Waals surface area contributed by atoms with Gasteiger partial charge in [0.1, 0.15) is 5.75 Å². The van der Waals surface area contributed by atoms with Crippen molar-refractivity contribution in [3.63, 3.8) is 0 Å². The van der Waals surface area contributed by atoms with Gasteiger partial charge in [-0.3, -0.25) is 9.59 Å². The van der Waals surface area contributed by atoms with Crippen molar-refractivity contribution in [1.29, 1.82) is 0 Å². The Labute approximate surface area is 151 Å². The molecule has 0 atom stereocenters. The van der Waals surface area contributed by atoms with E-state index in [2.05, 4.69) is 4.90 Å². The molecule has 3 aliphatic rings. The Morgan fingerprint density at radius 3 is 2.08 bits per heavy atom. The van der Waals surface area contributed by atoms with E-state index < -0.39 is 0 Å². The number of halogens is 1. The first-order valence-electron chi connectivity index (χ1n) is 8.73. The highest BCUT2D eigenvalue weighted by atomic mass is 35.5. The van der Waals surface area contributed by atoms with Crippen LogP contribution >= 0.6 is 11.6 Å². The van der Waals surface area contributed by atoms with Gasteiger partial charge in [0.15, 0.2) is 11.6 Å². The third-order valence-electron chi connectivity index (χ3n) is 5.55. The largest absolute Gasteiger partial charge is 0.506 e. The van der Waals surface area contributed by atoms with Gasteiger partial charge in [-0.1, -0.05) is 17.7 Å². The molecule has 1 aromatic rings. The van der Waals surface area contributed by atoms with Crippen molar-refractivity contribution < 1.29 is 14.7 Å². The number of carbonyl (C=O) groups is 2. The standard InChI is InChI=1S/C20H20ClNO3/c1-22-13-4-2-6-16(24)19(13)18(11-8-9-15(23)12(21)10-11)20-14(22)5-3-7-17(20)25/h8-10,18,23H,2-7H2,1H3. The highest BCUT2D eigenvalue weighted by molar-refractivity contribution is 6.32. The van der Waals surface area contributed by atoms with E-state index in [1.54, 1.807) is 12.1 Å². The Balaban J connectivity index is 1.96. The molecule has 0 amide bonds. The topological polar surface area (TPSA) is 57.6 Å². The van der Waals surface area contributed by atoms with Crippen LogP contribution in [0.2, 0.25) is 5.02 Å². The smallest absolute Gasteiger partial charge is 0.161 e. The maximum atomic E-state index is 12.8. The summed E-state index contributed by atoms with van der Waals surface area (Å²) in [6.45, 7) is 0. The fourth-order valence-electron chi connectivity index (χ4n) is 4.39. The lowest BCUT2D eigenvalue weighted by atomic mass is 9.71. The summed E-state index contributed by atoms with van der Waals surface area (Å²) in [4.78, 5) is 27.7. The fraction of sp³-hybridized carbons (Fsp3) is 0.400. The number of aromatic hydroxyl groups is 1. The number of hydrogen-bond acceptors (Lipinski definition) is 4. The van der Waals surface area contributed by atoms with Crippen LogP contribution < -0.4 is 0 Å². The van der Waals surface area contributed by atoms with Crippen LogP contribution in [0.5, 0.6) is 5.75 Å². The number of carbonyl (C=O) groups excluding carboxylic acids is 2. The number of ketones is 2. The Kier molecular flexibility index (Phi) is 3.95. The van der Waals surface area contributed by atoms with Crippen LogP contribution in [0.15, 0.2) is 40.7 Å². The number of phenols is 1. The van der Waals surface area contributed by atoms with Gasteiger partial charge in [0.05, 0.1) is 5.02 Å². The second-order valence-electron chi connectivity index (χ2n) is 6.98. The van der Waals surface area contributed by atoms with Crippen molar-refractivity contribution in [2.24, 2.45) is 0 Å². The SMILES string of the molecule is CN1C2=C(C(=O)CCC2)C(c2ccc(O)c(Cl)c2)C2=C1CCCC2=O.